The third kappa shape index (κ3) is 7.51. The van der Waals surface area contributed by atoms with Crippen molar-refractivity contribution >= 4 is 28.6 Å². The number of hydrogen-bond acceptors (Lipinski definition) is 3. The van der Waals surface area contributed by atoms with Gasteiger partial charge in [0.1, 0.15) is 0 Å². The van der Waals surface area contributed by atoms with E-state index in [2.05, 4.69) is 16.9 Å². The summed E-state index contributed by atoms with van der Waals surface area (Å²) in [6.45, 7) is 2.21. The van der Waals surface area contributed by atoms with E-state index < -0.39 is 18.1 Å². The molecule has 1 N–H and O–H groups in total. The first-order valence-corrected chi connectivity index (χ1v) is 10.4. The number of fused-ring (bicyclic) bond motifs is 1. The quantitative estimate of drug-likeness (QED) is 0.399. The lowest BCUT2D eigenvalue weighted by atomic mass is 9.99. The number of carbonyl (C=O) groups is 1. The number of carboxylic acids is 1. The zero-order valence-electron chi connectivity index (χ0n) is 17.1. The number of aryl methyl sites for hydroxylation is 1. The third-order valence-corrected chi connectivity index (χ3v) is 4.87. The lowest BCUT2D eigenvalue weighted by Gasteiger charge is -2.15. The number of aliphatic carboxylic acids is 1. The fraction of sp³-hybridized carbons (Fsp3) is 0.348. The Hall–Kier alpha value is -2.67. The fourth-order valence-corrected chi connectivity index (χ4v) is 3.24. The van der Waals surface area contributed by atoms with Crippen LogP contribution in [0.25, 0.3) is 11.0 Å². The summed E-state index contributed by atoms with van der Waals surface area (Å²) in [6, 6.07) is 14.4. The van der Waals surface area contributed by atoms with Crippen molar-refractivity contribution in [1.29, 1.82) is 0 Å². The van der Waals surface area contributed by atoms with Crippen molar-refractivity contribution in [2.24, 2.45) is 0 Å². The van der Waals surface area contributed by atoms with Gasteiger partial charge in [0.05, 0.1) is 16.7 Å². The molecule has 0 saturated heterocycles. The number of para-hydroxylation sites is 2. The second-order valence-electron chi connectivity index (χ2n) is 6.98. The Morgan fingerprint density at radius 2 is 1.55 bits per heavy atom. The summed E-state index contributed by atoms with van der Waals surface area (Å²) >= 11 is 6.14. The molecule has 1 atom stereocenters. The summed E-state index contributed by atoms with van der Waals surface area (Å²) < 4.78 is 36.8. The number of halogens is 4. The first kappa shape index (κ1) is 24.6. The van der Waals surface area contributed by atoms with Gasteiger partial charge in [0.25, 0.3) is 0 Å². The summed E-state index contributed by atoms with van der Waals surface area (Å²) in [4.78, 5) is 19.4. The van der Waals surface area contributed by atoms with Crippen molar-refractivity contribution < 1.29 is 23.1 Å². The molecule has 0 aliphatic heterocycles. The molecule has 3 aromatic rings. The van der Waals surface area contributed by atoms with Crippen LogP contribution in [0.5, 0.6) is 0 Å². The molecule has 0 aliphatic rings. The number of hydrogen-bond donors (Lipinski definition) is 1. The maximum Gasteiger partial charge on any atom is 0.406 e. The van der Waals surface area contributed by atoms with Crippen LogP contribution in [0, 0.1) is 0 Å². The van der Waals surface area contributed by atoms with Crippen LogP contribution in [0.3, 0.4) is 0 Å². The number of benzene rings is 2. The second kappa shape index (κ2) is 11.6. The Morgan fingerprint density at radius 3 is 2.10 bits per heavy atom. The van der Waals surface area contributed by atoms with Crippen LogP contribution in [-0.2, 0) is 11.2 Å². The Bertz CT molecular complexity index is 981. The van der Waals surface area contributed by atoms with Crippen molar-refractivity contribution in [3.8, 4) is 0 Å². The van der Waals surface area contributed by atoms with E-state index in [-0.39, 0.29) is 5.56 Å². The van der Waals surface area contributed by atoms with Crippen LogP contribution in [0.4, 0.5) is 13.2 Å². The molecule has 0 amide bonds. The fourth-order valence-electron chi connectivity index (χ4n) is 3.01. The van der Waals surface area contributed by atoms with E-state index >= 15 is 0 Å². The molecule has 0 fully saturated rings. The van der Waals surface area contributed by atoms with E-state index in [0.29, 0.717) is 5.15 Å². The van der Waals surface area contributed by atoms with Gasteiger partial charge in [-0.3, -0.25) is 4.79 Å². The molecule has 0 bridgehead atoms. The minimum Gasteiger partial charge on any atom is -0.481 e. The SMILES string of the molecule is CCCCCCc1nc2ccccc2nc1Cl.O=C(O)C(c1ccccc1)C(F)(F)F. The summed E-state index contributed by atoms with van der Waals surface area (Å²) in [5, 5.41) is 9.00. The lowest BCUT2D eigenvalue weighted by Crippen LogP contribution is -2.28. The van der Waals surface area contributed by atoms with E-state index in [9.17, 15) is 18.0 Å². The molecule has 0 spiro atoms. The van der Waals surface area contributed by atoms with E-state index in [1.54, 1.807) is 0 Å². The summed E-state index contributed by atoms with van der Waals surface area (Å²) in [7, 11) is 0. The number of aromatic nitrogens is 2. The van der Waals surface area contributed by atoms with Gasteiger partial charge in [-0.25, -0.2) is 9.97 Å². The van der Waals surface area contributed by atoms with Gasteiger partial charge in [0.2, 0.25) is 0 Å². The zero-order chi connectivity index (χ0) is 22.9. The van der Waals surface area contributed by atoms with Gasteiger partial charge in [-0.15, -0.1) is 0 Å². The highest BCUT2D eigenvalue weighted by atomic mass is 35.5. The molecule has 8 heteroatoms. The molecule has 2 aromatic carbocycles. The Labute approximate surface area is 184 Å². The van der Waals surface area contributed by atoms with Gasteiger partial charge in [-0.05, 0) is 30.5 Å². The monoisotopic (exact) mass is 452 g/mol. The van der Waals surface area contributed by atoms with Crippen molar-refractivity contribution in [1.82, 2.24) is 9.97 Å². The van der Waals surface area contributed by atoms with E-state index in [1.807, 2.05) is 24.3 Å². The van der Waals surface area contributed by atoms with Gasteiger partial charge in [0, 0.05) is 0 Å². The molecule has 1 aromatic heterocycles. The van der Waals surface area contributed by atoms with Crippen LogP contribution in [0.15, 0.2) is 54.6 Å². The van der Waals surface area contributed by atoms with Crippen molar-refractivity contribution in [3.63, 3.8) is 0 Å². The zero-order valence-corrected chi connectivity index (χ0v) is 17.8. The topological polar surface area (TPSA) is 63.1 Å². The first-order valence-electron chi connectivity index (χ1n) is 9.99. The highest BCUT2D eigenvalue weighted by molar-refractivity contribution is 6.30. The Morgan fingerprint density at radius 1 is 0.968 bits per heavy atom. The van der Waals surface area contributed by atoms with Crippen molar-refractivity contribution in [3.05, 3.63) is 71.0 Å². The molecule has 4 nitrogen and oxygen atoms in total. The van der Waals surface area contributed by atoms with E-state index in [4.69, 9.17) is 16.7 Å². The smallest absolute Gasteiger partial charge is 0.406 e. The van der Waals surface area contributed by atoms with Crippen LogP contribution in [-0.4, -0.2) is 27.2 Å². The summed E-state index contributed by atoms with van der Waals surface area (Å²) in [6.07, 6.45) is 1.07. The number of carboxylic acid groups (broad SMARTS) is 1. The highest BCUT2D eigenvalue weighted by Gasteiger charge is 2.46. The van der Waals surface area contributed by atoms with Crippen LogP contribution in [0.1, 0.15) is 49.8 Å². The predicted molar refractivity (Wildman–Crippen MR) is 115 cm³/mol. The van der Waals surface area contributed by atoms with Gasteiger partial charge in [-0.2, -0.15) is 13.2 Å². The molecular formula is C23H24ClF3N2O2. The molecule has 0 radical (unpaired) electrons. The van der Waals surface area contributed by atoms with Gasteiger partial charge in [0.15, 0.2) is 11.1 Å². The molecule has 0 aliphatic carbocycles. The Balaban J connectivity index is 0.000000225. The van der Waals surface area contributed by atoms with E-state index in [1.165, 1.54) is 37.5 Å². The predicted octanol–water partition coefficient (Wildman–Crippen LogP) is 6.82. The number of alkyl halides is 3. The average Bonchev–Trinajstić information content (AvgIpc) is 2.71. The van der Waals surface area contributed by atoms with Gasteiger partial charge in [-0.1, -0.05) is 80.3 Å². The van der Waals surface area contributed by atoms with Gasteiger partial charge >= 0.3 is 12.1 Å². The number of unbranched alkanes of at least 4 members (excludes halogenated alkanes) is 3. The highest BCUT2D eigenvalue weighted by Crippen LogP contribution is 2.34. The average molecular weight is 453 g/mol. The normalized spacial score (nSPS) is 12.2. The van der Waals surface area contributed by atoms with Crippen molar-refractivity contribution in [2.75, 3.05) is 0 Å². The molecule has 3 rings (SSSR count). The third-order valence-electron chi connectivity index (χ3n) is 4.57. The van der Waals surface area contributed by atoms with Crippen LogP contribution >= 0.6 is 11.6 Å². The summed E-state index contributed by atoms with van der Waals surface area (Å²) in [5.74, 6) is -4.33. The molecule has 0 saturated carbocycles. The van der Waals surface area contributed by atoms with Crippen LogP contribution < -0.4 is 0 Å². The maximum absolute atomic E-state index is 12.3. The molecule has 31 heavy (non-hydrogen) atoms. The standard InChI is InChI=1S/C14H17ClN2.C9H7F3O2/c1-2-3-4-5-10-13-14(15)17-12-9-7-6-8-11(12)16-13;10-9(11,12)7(8(13)14)6-4-2-1-3-5-6/h6-9H,2-5,10H2,1H3;1-5,7H,(H,13,14). The molecule has 1 heterocycles. The van der Waals surface area contributed by atoms with E-state index in [0.717, 1.165) is 41.7 Å². The minimum atomic E-state index is -4.76. The lowest BCUT2D eigenvalue weighted by molar-refractivity contribution is -0.176. The molecule has 1 unspecified atom stereocenters. The molecule has 166 valence electrons. The number of nitrogens with zero attached hydrogens (tertiary/aromatic N) is 2. The van der Waals surface area contributed by atoms with Crippen LogP contribution in [0.2, 0.25) is 5.15 Å². The second-order valence-corrected chi connectivity index (χ2v) is 7.34. The Kier molecular flexibility index (Phi) is 9.24. The number of rotatable bonds is 7. The maximum atomic E-state index is 12.3. The van der Waals surface area contributed by atoms with Gasteiger partial charge < -0.3 is 5.11 Å². The minimum absolute atomic E-state index is 0.257. The van der Waals surface area contributed by atoms with Crippen molar-refractivity contribution in [2.45, 2.75) is 51.1 Å². The summed E-state index contributed by atoms with van der Waals surface area (Å²) in [5.41, 5.74) is 2.48. The molecular weight excluding hydrogens is 429 g/mol. The largest absolute Gasteiger partial charge is 0.481 e. The first-order chi connectivity index (χ1) is 14.7.